The highest BCUT2D eigenvalue weighted by Gasteiger charge is 2.35. The molecule has 136 valence electrons. The van der Waals surface area contributed by atoms with Crippen LogP contribution in [0.3, 0.4) is 0 Å². The molecule has 1 aromatic rings. The van der Waals surface area contributed by atoms with Crippen LogP contribution in [0, 0.1) is 0 Å². The highest BCUT2D eigenvalue weighted by molar-refractivity contribution is 7.91. The van der Waals surface area contributed by atoms with Crippen molar-refractivity contribution in [2.75, 3.05) is 24.6 Å². The average molecular weight is 364 g/mol. The predicted molar refractivity (Wildman–Crippen MR) is 94.6 cm³/mol. The number of carbonyl (C=O) groups is 2. The summed E-state index contributed by atoms with van der Waals surface area (Å²) in [6.07, 6.45) is 1.08. The third-order valence-electron chi connectivity index (χ3n) is 5.10. The summed E-state index contributed by atoms with van der Waals surface area (Å²) in [5.74, 6) is -0.317. The van der Waals surface area contributed by atoms with Gasteiger partial charge in [-0.2, -0.15) is 0 Å². The first kappa shape index (κ1) is 17.9. The van der Waals surface area contributed by atoms with Gasteiger partial charge in [-0.05, 0) is 30.9 Å². The molecule has 7 heteroatoms. The van der Waals surface area contributed by atoms with Gasteiger partial charge in [-0.3, -0.25) is 9.59 Å². The molecular formula is C18H24N2O4S. The van der Waals surface area contributed by atoms with Crippen LogP contribution in [0.4, 0.5) is 0 Å². The Balaban J connectivity index is 1.61. The predicted octanol–water partition coefficient (Wildman–Crippen LogP) is 0.997. The second kappa shape index (κ2) is 7.15. The van der Waals surface area contributed by atoms with Crippen LogP contribution in [0.2, 0.25) is 0 Å². The molecule has 0 saturated carbocycles. The van der Waals surface area contributed by atoms with Crippen LogP contribution in [-0.2, 0) is 32.4 Å². The van der Waals surface area contributed by atoms with Gasteiger partial charge in [-0.25, -0.2) is 8.42 Å². The maximum Gasteiger partial charge on any atom is 0.232 e. The SMILES string of the molecule is CCN(C(=O)CC(=O)N1CCc2ccccc2C1)C1CCS(=O)(=O)C1. The van der Waals surface area contributed by atoms with E-state index >= 15 is 0 Å². The Hall–Kier alpha value is -1.89. The number of amides is 2. The number of fused-ring (bicyclic) bond motifs is 1. The molecule has 25 heavy (non-hydrogen) atoms. The Kier molecular flexibility index (Phi) is 5.13. The minimum atomic E-state index is -3.06. The summed E-state index contributed by atoms with van der Waals surface area (Å²) < 4.78 is 23.3. The van der Waals surface area contributed by atoms with Crippen LogP contribution in [0.25, 0.3) is 0 Å². The molecule has 1 unspecified atom stereocenters. The number of carbonyl (C=O) groups excluding carboxylic acids is 2. The summed E-state index contributed by atoms with van der Waals surface area (Å²) >= 11 is 0. The summed E-state index contributed by atoms with van der Waals surface area (Å²) in [4.78, 5) is 28.4. The molecule has 1 fully saturated rings. The van der Waals surface area contributed by atoms with Gasteiger partial charge >= 0.3 is 0 Å². The van der Waals surface area contributed by atoms with E-state index in [1.54, 1.807) is 9.80 Å². The van der Waals surface area contributed by atoms with Crippen molar-refractivity contribution in [2.24, 2.45) is 0 Å². The number of hydrogen-bond donors (Lipinski definition) is 0. The van der Waals surface area contributed by atoms with E-state index in [4.69, 9.17) is 0 Å². The molecule has 3 rings (SSSR count). The summed E-state index contributed by atoms with van der Waals surface area (Å²) in [6.45, 7) is 3.40. The highest BCUT2D eigenvalue weighted by atomic mass is 32.2. The Morgan fingerprint density at radius 1 is 1.24 bits per heavy atom. The van der Waals surface area contributed by atoms with Gasteiger partial charge in [0, 0.05) is 25.7 Å². The van der Waals surface area contributed by atoms with Crippen LogP contribution in [0.15, 0.2) is 24.3 Å². The second-order valence-corrected chi connectivity index (χ2v) is 8.98. The molecule has 2 aliphatic heterocycles. The first-order valence-corrected chi connectivity index (χ1v) is 10.6. The van der Waals surface area contributed by atoms with Crippen LogP contribution in [0.1, 0.15) is 30.9 Å². The van der Waals surface area contributed by atoms with Crippen LogP contribution in [0.5, 0.6) is 0 Å². The van der Waals surface area contributed by atoms with Gasteiger partial charge in [0.05, 0.1) is 11.5 Å². The standard InChI is InChI=1S/C18H24N2O4S/c1-2-20(16-8-10-25(23,24)13-16)18(22)11-17(21)19-9-7-14-5-3-4-6-15(14)12-19/h3-6,16H,2,7-13H2,1H3. The van der Waals surface area contributed by atoms with Crippen molar-refractivity contribution >= 4 is 21.7 Å². The number of rotatable bonds is 4. The van der Waals surface area contributed by atoms with Crippen LogP contribution < -0.4 is 0 Å². The first-order valence-electron chi connectivity index (χ1n) is 8.74. The molecule has 2 heterocycles. The van der Waals surface area contributed by atoms with E-state index in [9.17, 15) is 18.0 Å². The number of nitrogens with zero attached hydrogens (tertiary/aromatic N) is 2. The van der Waals surface area contributed by atoms with Crippen molar-refractivity contribution in [1.29, 1.82) is 0 Å². The molecule has 0 radical (unpaired) electrons. The summed E-state index contributed by atoms with van der Waals surface area (Å²) in [5, 5.41) is 0. The smallest absolute Gasteiger partial charge is 0.232 e. The van der Waals surface area contributed by atoms with Gasteiger partial charge in [0.25, 0.3) is 0 Å². The maximum atomic E-state index is 12.6. The van der Waals surface area contributed by atoms with E-state index in [1.807, 2.05) is 25.1 Å². The molecule has 0 aromatic heterocycles. The molecule has 2 amide bonds. The molecule has 0 aliphatic carbocycles. The lowest BCUT2D eigenvalue weighted by atomic mass is 10.00. The third kappa shape index (κ3) is 4.03. The summed E-state index contributed by atoms with van der Waals surface area (Å²) in [7, 11) is -3.06. The van der Waals surface area contributed by atoms with E-state index < -0.39 is 9.84 Å². The summed E-state index contributed by atoms with van der Waals surface area (Å²) in [5.41, 5.74) is 2.38. The van der Waals surface area contributed by atoms with Gasteiger partial charge in [0.2, 0.25) is 11.8 Å². The van der Waals surface area contributed by atoms with Crippen molar-refractivity contribution in [3.05, 3.63) is 35.4 Å². The molecular weight excluding hydrogens is 340 g/mol. The van der Waals surface area contributed by atoms with Crippen molar-refractivity contribution in [3.63, 3.8) is 0 Å². The Morgan fingerprint density at radius 2 is 1.96 bits per heavy atom. The molecule has 1 aromatic carbocycles. The molecule has 0 N–H and O–H groups in total. The van der Waals surface area contributed by atoms with Gasteiger partial charge in [0.15, 0.2) is 9.84 Å². The van der Waals surface area contributed by atoms with E-state index in [-0.39, 0.29) is 35.8 Å². The fourth-order valence-electron chi connectivity index (χ4n) is 3.71. The van der Waals surface area contributed by atoms with Gasteiger partial charge in [0.1, 0.15) is 6.42 Å². The van der Waals surface area contributed by atoms with Gasteiger partial charge in [-0.15, -0.1) is 0 Å². The van der Waals surface area contributed by atoms with Crippen LogP contribution >= 0.6 is 0 Å². The fourth-order valence-corrected chi connectivity index (χ4v) is 5.44. The maximum absolute atomic E-state index is 12.6. The zero-order chi connectivity index (χ0) is 18.0. The second-order valence-electron chi connectivity index (χ2n) is 6.75. The van der Waals surface area contributed by atoms with Gasteiger partial charge in [-0.1, -0.05) is 24.3 Å². The van der Waals surface area contributed by atoms with Crippen molar-refractivity contribution < 1.29 is 18.0 Å². The van der Waals surface area contributed by atoms with Crippen molar-refractivity contribution in [1.82, 2.24) is 9.80 Å². The van der Waals surface area contributed by atoms with E-state index in [1.165, 1.54) is 5.56 Å². The third-order valence-corrected chi connectivity index (χ3v) is 6.85. The number of hydrogen-bond acceptors (Lipinski definition) is 4. The zero-order valence-electron chi connectivity index (χ0n) is 14.5. The minimum absolute atomic E-state index is 0.0118. The quantitative estimate of drug-likeness (QED) is 0.747. The minimum Gasteiger partial charge on any atom is -0.338 e. The van der Waals surface area contributed by atoms with E-state index in [0.717, 1.165) is 12.0 Å². The van der Waals surface area contributed by atoms with E-state index in [2.05, 4.69) is 6.07 Å². The largest absolute Gasteiger partial charge is 0.338 e. The lowest BCUT2D eigenvalue weighted by Crippen LogP contribution is -2.44. The first-order chi connectivity index (χ1) is 11.9. The number of benzene rings is 1. The lowest BCUT2D eigenvalue weighted by Gasteiger charge is -2.31. The Morgan fingerprint density at radius 3 is 2.60 bits per heavy atom. The molecule has 2 aliphatic rings. The Bertz CT molecular complexity index is 775. The molecule has 6 nitrogen and oxygen atoms in total. The normalized spacial score (nSPS) is 21.6. The summed E-state index contributed by atoms with van der Waals surface area (Å²) in [6, 6.07) is 7.74. The van der Waals surface area contributed by atoms with Crippen molar-refractivity contribution in [3.8, 4) is 0 Å². The van der Waals surface area contributed by atoms with Gasteiger partial charge < -0.3 is 9.80 Å². The molecule has 0 spiro atoms. The lowest BCUT2D eigenvalue weighted by molar-refractivity contribution is -0.142. The molecule has 1 atom stereocenters. The molecule has 1 saturated heterocycles. The monoisotopic (exact) mass is 364 g/mol. The zero-order valence-corrected chi connectivity index (χ0v) is 15.3. The average Bonchev–Trinajstić information content (AvgIpc) is 2.94. The van der Waals surface area contributed by atoms with E-state index in [0.29, 0.717) is 26.1 Å². The van der Waals surface area contributed by atoms with Crippen LogP contribution in [-0.4, -0.2) is 60.7 Å². The highest BCUT2D eigenvalue weighted by Crippen LogP contribution is 2.21. The fraction of sp³-hybridized carbons (Fsp3) is 0.556. The topological polar surface area (TPSA) is 74.8 Å². The van der Waals surface area contributed by atoms with Crippen molar-refractivity contribution in [2.45, 2.75) is 38.8 Å². The number of sulfone groups is 1. The molecule has 0 bridgehead atoms. The Labute approximate surface area is 148 Å².